The minimum absolute atomic E-state index is 0.141. The molecule has 0 saturated carbocycles. The van der Waals surface area contributed by atoms with E-state index in [0.29, 0.717) is 17.0 Å². The van der Waals surface area contributed by atoms with Crippen LogP contribution in [0.5, 0.6) is 5.75 Å². The largest absolute Gasteiger partial charge is 0.497 e. The number of carbonyl (C=O) groups is 1. The number of nitrogens with two attached hydrogens (primary N) is 1. The summed E-state index contributed by atoms with van der Waals surface area (Å²) >= 11 is 0. The first-order chi connectivity index (χ1) is 9.61. The minimum atomic E-state index is -0.221. The smallest absolute Gasteiger partial charge is 0.253 e. The fourth-order valence-corrected chi connectivity index (χ4v) is 1.86. The summed E-state index contributed by atoms with van der Waals surface area (Å²) in [6, 6.07) is 8.59. The van der Waals surface area contributed by atoms with E-state index in [-0.39, 0.29) is 11.9 Å². The highest BCUT2D eigenvalue weighted by atomic mass is 16.5. The summed E-state index contributed by atoms with van der Waals surface area (Å²) in [6.07, 6.45) is 3.42. The highest BCUT2D eigenvalue weighted by Gasteiger charge is 2.14. The Hall–Kier alpha value is -2.56. The van der Waals surface area contributed by atoms with Crippen LogP contribution in [0, 0.1) is 0 Å². The molecule has 1 atom stereocenters. The number of ether oxygens (including phenoxy) is 1. The van der Waals surface area contributed by atoms with Gasteiger partial charge in [-0.25, -0.2) is 0 Å². The summed E-state index contributed by atoms with van der Waals surface area (Å²) in [5, 5.41) is 2.89. The minimum Gasteiger partial charge on any atom is -0.497 e. The molecule has 0 saturated heterocycles. The predicted molar refractivity (Wildman–Crippen MR) is 77.5 cm³/mol. The molecular weight excluding hydrogens is 254 g/mol. The van der Waals surface area contributed by atoms with E-state index in [1.807, 2.05) is 19.1 Å². The van der Waals surface area contributed by atoms with Gasteiger partial charge in [0.2, 0.25) is 0 Å². The third kappa shape index (κ3) is 3.06. The number of amides is 1. The molecule has 1 aromatic carbocycles. The molecule has 2 aromatic rings. The van der Waals surface area contributed by atoms with Gasteiger partial charge in [0.15, 0.2) is 0 Å². The molecular formula is C15H17N3O2. The van der Waals surface area contributed by atoms with Gasteiger partial charge < -0.3 is 15.8 Å². The number of carbonyl (C=O) groups excluding carboxylic acids is 1. The molecule has 5 heteroatoms. The van der Waals surface area contributed by atoms with Crippen molar-refractivity contribution in [3.05, 3.63) is 53.9 Å². The van der Waals surface area contributed by atoms with Gasteiger partial charge in [0.1, 0.15) is 5.75 Å². The molecule has 2 rings (SSSR count). The molecule has 0 aliphatic rings. The van der Waals surface area contributed by atoms with E-state index >= 15 is 0 Å². The average molecular weight is 271 g/mol. The number of rotatable bonds is 4. The van der Waals surface area contributed by atoms with E-state index in [0.717, 1.165) is 5.56 Å². The molecule has 20 heavy (non-hydrogen) atoms. The molecule has 1 heterocycles. The zero-order valence-corrected chi connectivity index (χ0v) is 11.5. The fraction of sp³-hybridized carbons (Fsp3) is 0.200. The second-order valence-electron chi connectivity index (χ2n) is 4.43. The molecule has 0 fully saturated rings. The van der Waals surface area contributed by atoms with Gasteiger partial charge in [-0.05, 0) is 30.7 Å². The first kappa shape index (κ1) is 13.9. The summed E-state index contributed by atoms with van der Waals surface area (Å²) in [7, 11) is 1.55. The molecule has 3 N–H and O–H groups in total. The SMILES string of the molecule is COc1ccc(C(=O)N[C@@H](C)c2cccnc2)c(N)c1. The van der Waals surface area contributed by atoms with Gasteiger partial charge in [0, 0.05) is 24.1 Å². The maximum absolute atomic E-state index is 12.2. The Bertz CT molecular complexity index is 599. The Labute approximate surface area is 117 Å². The molecule has 0 spiro atoms. The number of benzene rings is 1. The van der Waals surface area contributed by atoms with Gasteiger partial charge >= 0.3 is 0 Å². The van der Waals surface area contributed by atoms with E-state index in [4.69, 9.17) is 10.5 Å². The first-order valence-corrected chi connectivity index (χ1v) is 6.26. The molecule has 1 amide bonds. The van der Waals surface area contributed by atoms with Gasteiger partial charge in [-0.15, -0.1) is 0 Å². The Kier molecular flexibility index (Phi) is 4.20. The molecule has 104 valence electrons. The molecule has 0 unspecified atom stereocenters. The van der Waals surface area contributed by atoms with Crippen molar-refractivity contribution >= 4 is 11.6 Å². The Balaban J connectivity index is 2.12. The molecule has 1 aromatic heterocycles. The topological polar surface area (TPSA) is 77.2 Å². The van der Waals surface area contributed by atoms with Crippen molar-refractivity contribution in [2.45, 2.75) is 13.0 Å². The summed E-state index contributed by atoms with van der Waals surface area (Å²) in [4.78, 5) is 16.2. The lowest BCUT2D eigenvalue weighted by atomic mass is 10.1. The standard InChI is InChI=1S/C15H17N3O2/c1-10(11-4-3-7-17-9-11)18-15(19)13-6-5-12(20-2)8-14(13)16/h3-10H,16H2,1-2H3,(H,18,19)/t10-/m0/s1. The number of methoxy groups -OCH3 is 1. The number of nitrogens with zero attached hydrogens (tertiary/aromatic N) is 1. The fourth-order valence-electron chi connectivity index (χ4n) is 1.86. The summed E-state index contributed by atoms with van der Waals surface area (Å²) in [6.45, 7) is 1.90. The lowest BCUT2D eigenvalue weighted by Crippen LogP contribution is -2.27. The Morgan fingerprint density at radius 2 is 2.20 bits per heavy atom. The van der Waals surface area contributed by atoms with Crippen LogP contribution in [0.15, 0.2) is 42.7 Å². The lowest BCUT2D eigenvalue weighted by molar-refractivity contribution is 0.0940. The van der Waals surface area contributed by atoms with E-state index in [9.17, 15) is 4.79 Å². The van der Waals surface area contributed by atoms with Crippen LogP contribution in [-0.2, 0) is 0 Å². The number of nitrogens with one attached hydrogen (secondary N) is 1. The van der Waals surface area contributed by atoms with Gasteiger partial charge in [-0.1, -0.05) is 6.07 Å². The van der Waals surface area contributed by atoms with Crippen LogP contribution in [-0.4, -0.2) is 18.0 Å². The van der Waals surface area contributed by atoms with Crippen LogP contribution in [0.25, 0.3) is 0 Å². The normalized spacial score (nSPS) is 11.7. The van der Waals surface area contributed by atoms with Crippen molar-refractivity contribution in [2.75, 3.05) is 12.8 Å². The molecule has 0 radical (unpaired) electrons. The van der Waals surface area contributed by atoms with Crippen molar-refractivity contribution in [1.82, 2.24) is 10.3 Å². The molecule has 0 aliphatic carbocycles. The second-order valence-corrected chi connectivity index (χ2v) is 4.43. The maximum atomic E-state index is 12.2. The van der Waals surface area contributed by atoms with Crippen molar-refractivity contribution in [3.63, 3.8) is 0 Å². The maximum Gasteiger partial charge on any atom is 0.253 e. The van der Waals surface area contributed by atoms with Crippen molar-refractivity contribution in [3.8, 4) is 5.75 Å². The average Bonchev–Trinajstić information content (AvgIpc) is 2.47. The Morgan fingerprint density at radius 3 is 2.80 bits per heavy atom. The van der Waals surface area contributed by atoms with Gasteiger partial charge in [0.25, 0.3) is 5.91 Å². The predicted octanol–water partition coefficient (Wildman–Crippen LogP) is 2.16. The van der Waals surface area contributed by atoms with Crippen LogP contribution in [0.1, 0.15) is 28.9 Å². The van der Waals surface area contributed by atoms with Crippen LogP contribution >= 0.6 is 0 Å². The zero-order chi connectivity index (χ0) is 14.5. The van der Waals surface area contributed by atoms with E-state index in [1.54, 1.807) is 37.7 Å². The number of aromatic nitrogens is 1. The molecule has 0 bridgehead atoms. The number of hydrogen-bond donors (Lipinski definition) is 2. The van der Waals surface area contributed by atoms with Crippen LogP contribution in [0.4, 0.5) is 5.69 Å². The van der Waals surface area contributed by atoms with Crippen LogP contribution < -0.4 is 15.8 Å². The van der Waals surface area contributed by atoms with Gasteiger partial charge in [-0.3, -0.25) is 9.78 Å². The number of nitrogen functional groups attached to an aromatic ring is 1. The number of anilines is 1. The van der Waals surface area contributed by atoms with E-state index in [2.05, 4.69) is 10.3 Å². The Morgan fingerprint density at radius 1 is 1.40 bits per heavy atom. The van der Waals surface area contributed by atoms with E-state index in [1.165, 1.54) is 0 Å². The third-order valence-corrected chi connectivity index (χ3v) is 3.04. The van der Waals surface area contributed by atoms with Crippen LogP contribution in [0.3, 0.4) is 0 Å². The van der Waals surface area contributed by atoms with Crippen molar-refractivity contribution < 1.29 is 9.53 Å². The number of hydrogen-bond acceptors (Lipinski definition) is 4. The highest BCUT2D eigenvalue weighted by molar-refractivity contribution is 5.99. The summed E-state index contributed by atoms with van der Waals surface area (Å²) < 4.78 is 5.06. The summed E-state index contributed by atoms with van der Waals surface area (Å²) in [5.41, 5.74) is 7.62. The lowest BCUT2D eigenvalue weighted by Gasteiger charge is -2.15. The molecule has 5 nitrogen and oxygen atoms in total. The highest BCUT2D eigenvalue weighted by Crippen LogP contribution is 2.20. The third-order valence-electron chi connectivity index (χ3n) is 3.04. The van der Waals surface area contributed by atoms with Crippen LogP contribution in [0.2, 0.25) is 0 Å². The molecule has 0 aliphatic heterocycles. The van der Waals surface area contributed by atoms with Crippen molar-refractivity contribution in [1.29, 1.82) is 0 Å². The van der Waals surface area contributed by atoms with Gasteiger partial charge in [0.05, 0.1) is 18.7 Å². The second kappa shape index (κ2) is 6.06. The monoisotopic (exact) mass is 271 g/mol. The zero-order valence-electron chi connectivity index (χ0n) is 11.5. The number of pyridine rings is 1. The quantitative estimate of drug-likeness (QED) is 0.835. The van der Waals surface area contributed by atoms with Gasteiger partial charge in [-0.2, -0.15) is 0 Å². The van der Waals surface area contributed by atoms with Crippen molar-refractivity contribution in [2.24, 2.45) is 0 Å². The first-order valence-electron chi connectivity index (χ1n) is 6.26. The van der Waals surface area contributed by atoms with E-state index < -0.39 is 0 Å². The summed E-state index contributed by atoms with van der Waals surface area (Å²) in [5.74, 6) is 0.404.